The molecule has 6 nitrogen and oxygen atoms in total. The van der Waals surface area contributed by atoms with Crippen LogP contribution in [0.2, 0.25) is 5.02 Å². The molecule has 0 aliphatic rings. The van der Waals surface area contributed by atoms with Gasteiger partial charge in [-0.05, 0) is 47.1 Å². The Morgan fingerprint density at radius 1 is 1.10 bits per heavy atom. The van der Waals surface area contributed by atoms with Gasteiger partial charge in [0.1, 0.15) is 10.8 Å². The Morgan fingerprint density at radius 2 is 1.72 bits per heavy atom. The first-order chi connectivity index (χ1) is 13.4. The van der Waals surface area contributed by atoms with Crippen LogP contribution in [0.4, 0.5) is 11.4 Å². The lowest BCUT2D eigenvalue weighted by Crippen LogP contribution is -2.24. The molecule has 1 N–H and O–H groups in total. The van der Waals surface area contributed by atoms with Crippen LogP contribution in [0.1, 0.15) is 46.6 Å². The maximum Gasteiger partial charge on any atom is 0.289 e. The van der Waals surface area contributed by atoms with Gasteiger partial charge in [0, 0.05) is 11.8 Å². The van der Waals surface area contributed by atoms with E-state index < -0.39 is 10.8 Å². The van der Waals surface area contributed by atoms with E-state index in [-0.39, 0.29) is 33.8 Å². The lowest BCUT2D eigenvalue weighted by molar-refractivity contribution is -0.384. The maximum atomic E-state index is 12.1. The molecule has 0 aliphatic carbocycles. The molecular formula is C22H27ClN2O4. The lowest BCUT2D eigenvalue weighted by Gasteiger charge is -2.33. The van der Waals surface area contributed by atoms with Crippen molar-refractivity contribution in [3.63, 3.8) is 0 Å². The number of nitrogens with zero attached hydrogens (tertiary/aromatic N) is 1. The molecular weight excluding hydrogens is 392 g/mol. The third-order valence-corrected chi connectivity index (χ3v) is 4.72. The molecule has 0 saturated carbocycles. The van der Waals surface area contributed by atoms with Crippen LogP contribution in [-0.4, -0.2) is 17.4 Å². The van der Waals surface area contributed by atoms with Crippen LogP contribution in [0.3, 0.4) is 0 Å². The molecule has 0 spiro atoms. The highest BCUT2D eigenvalue weighted by molar-refractivity contribution is 6.32. The second kappa shape index (κ2) is 8.82. The Morgan fingerprint density at radius 3 is 2.28 bits per heavy atom. The molecule has 0 bridgehead atoms. The number of halogens is 1. The fraction of sp³-hybridized carbons (Fsp3) is 0.409. The topological polar surface area (TPSA) is 81.5 Å². The molecule has 2 aromatic rings. The minimum atomic E-state index is -0.600. The molecule has 0 aromatic heterocycles. The van der Waals surface area contributed by atoms with E-state index in [0.717, 1.165) is 6.42 Å². The number of amides is 1. The molecule has 0 unspecified atom stereocenters. The zero-order chi connectivity index (χ0) is 21.8. The summed E-state index contributed by atoms with van der Waals surface area (Å²) in [5.41, 5.74) is 1.47. The van der Waals surface area contributed by atoms with Gasteiger partial charge in [0.25, 0.3) is 11.6 Å². The molecule has 0 saturated heterocycles. The molecule has 0 radical (unpaired) electrons. The van der Waals surface area contributed by atoms with Gasteiger partial charge in [-0.1, -0.05) is 58.4 Å². The number of ether oxygens (including phenoxy) is 1. The summed E-state index contributed by atoms with van der Waals surface area (Å²) in [4.78, 5) is 22.4. The fourth-order valence-electron chi connectivity index (χ4n) is 3.51. The Balaban J connectivity index is 1.96. The lowest BCUT2D eigenvalue weighted by atomic mass is 9.72. The number of hydrogen-bond donors (Lipinski definition) is 1. The van der Waals surface area contributed by atoms with E-state index in [1.165, 1.54) is 23.8 Å². The number of benzene rings is 2. The fourth-order valence-corrected chi connectivity index (χ4v) is 3.69. The Bertz CT molecular complexity index is 887. The summed E-state index contributed by atoms with van der Waals surface area (Å²) in [5, 5.41) is 13.5. The van der Waals surface area contributed by atoms with Gasteiger partial charge in [0.15, 0.2) is 6.61 Å². The van der Waals surface area contributed by atoms with Crippen molar-refractivity contribution >= 4 is 28.9 Å². The van der Waals surface area contributed by atoms with Crippen LogP contribution < -0.4 is 10.1 Å². The van der Waals surface area contributed by atoms with E-state index in [9.17, 15) is 14.9 Å². The number of hydrogen-bond acceptors (Lipinski definition) is 4. The minimum absolute atomic E-state index is 0.0127. The van der Waals surface area contributed by atoms with Gasteiger partial charge in [0.2, 0.25) is 0 Å². The number of carbonyl (C=O) groups is 1. The van der Waals surface area contributed by atoms with Gasteiger partial charge in [-0.2, -0.15) is 0 Å². The molecule has 2 aromatic carbocycles. The number of anilines is 1. The molecule has 0 aliphatic heterocycles. The number of nitro benzene ring substituents is 1. The number of rotatable bonds is 7. The van der Waals surface area contributed by atoms with Crippen LogP contribution in [0, 0.1) is 15.5 Å². The first-order valence-corrected chi connectivity index (χ1v) is 9.72. The van der Waals surface area contributed by atoms with Crippen LogP contribution in [-0.2, 0) is 10.2 Å². The van der Waals surface area contributed by atoms with Crippen molar-refractivity contribution in [1.29, 1.82) is 0 Å². The predicted octanol–water partition coefficient (Wildman–Crippen LogP) is 5.98. The largest absolute Gasteiger partial charge is 0.484 e. The van der Waals surface area contributed by atoms with Gasteiger partial charge in [-0.25, -0.2) is 0 Å². The molecule has 0 fully saturated rings. The van der Waals surface area contributed by atoms with Crippen molar-refractivity contribution in [1.82, 2.24) is 0 Å². The molecule has 156 valence electrons. The average Bonchev–Trinajstić information content (AvgIpc) is 2.60. The summed E-state index contributed by atoms with van der Waals surface area (Å²) in [6, 6.07) is 11.8. The van der Waals surface area contributed by atoms with Crippen molar-refractivity contribution in [3.8, 4) is 5.75 Å². The highest BCUT2D eigenvalue weighted by Crippen LogP contribution is 2.36. The summed E-state index contributed by atoms with van der Waals surface area (Å²) in [6.07, 6.45) is 1.04. The van der Waals surface area contributed by atoms with Gasteiger partial charge < -0.3 is 10.1 Å². The smallest absolute Gasteiger partial charge is 0.289 e. The molecule has 2 rings (SSSR count). The maximum absolute atomic E-state index is 12.1. The number of carbonyl (C=O) groups excluding carboxylic acids is 1. The number of nitrogens with one attached hydrogen (secondary N) is 1. The second-order valence-corrected chi connectivity index (χ2v) is 9.31. The Hall–Kier alpha value is -2.60. The molecule has 29 heavy (non-hydrogen) atoms. The zero-order valence-corrected chi connectivity index (χ0v) is 18.2. The van der Waals surface area contributed by atoms with E-state index in [1.54, 1.807) is 0 Å². The van der Waals surface area contributed by atoms with Crippen LogP contribution in [0.25, 0.3) is 0 Å². The quantitative estimate of drug-likeness (QED) is 0.443. The Kier molecular flexibility index (Phi) is 6.90. The molecule has 1 amide bonds. The van der Waals surface area contributed by atoms with Gasteiger partial charge >= 0.3 is 0 Å². The normalized spacial score (nSPS) is 11.8. The summed E-state index contributed by atoms with van der Waals surface area (Å²) in [5.74, 6) is 0.163. The molecule has 0 heterocycles. The first-order valence-electron chi connectivity index (χ1n) is 9.34. The standard InChI is InChI=1S/C22H27ClN2O4/c1-21(2,3)14-22(4,5)15-6-9-17(10-7-15)29-13-20(26)24-16-8-11-18(23)19(12-16)25(27)28/h6-12H,13-14H2,1-5H3,(H,24,26). The minimum Gasteiger partial charge on any atom is -0.484 e. The van der Waals surface area contributed by atoms with Gasteiger partial charge in [-0.3, -0.25) is 14.9 Å². The van der Waals surface area contributed by atoms with E-state index in [1.807, 2.05) is 24.3 Å². The monoisotopic (exact) mass is 418 g/mol. The van der Waals surface area contributed by atoms with Crippen molar-refractivity contribution in [2.75, 3.05) is 11.9 Å². The van der Waals surface area contributed by atoms with Crippen molar-refractivity contribution in [2.24, 2.45) is 5.41 Å². The van der Waals surface area contributed by atoms with Crippen molar-refractivity contribution < 1.29 is 14.5 Å². The predicted molar refractivity (Wildman–Crippen MR) is 116 cm³/mol. The third-order valence-electron chi connectivity index (χ3n) is 4.40. The van der Waals surface area contributed by atoms with E-state index in [4.69, 9.17) is 16.3 Å². The summed E-state index contributed by atoms with van der Waals surface area (Å²) >= 11 is 5.77. The van der Waals surface area contributed by atoms with E-state index in [0.29, 0.717) is 5.75 Å². The summed E-state index contributed by atoms with van der Waals surface area (Å²) in [7, 11) is 0. The zero-order valence-electron chi connectivity index (χ0n) is 17.4. The van der Waals surface area contributed by atoms with E-state index >= 15 is 0 Å². The first kappa shape index (κ1) is 22.7. The van der Waals surface area contributed by atoms with Crippen LogP contribution >= 0.6 is 11.6 Å². The van der Waals surface area contributed by atoms with Crippen molar-refractivity contribution in [2.45, 2.75) is 46.5 Å². The average molecular weight is 419 g/mol. The highest BCUT2D eigenvalue weighted by atomic mass is 35.5. The summed E-state index contributed by atoms with van der Waals surface area (Å²) < 4.78 is 5.54. The highest BCUT2D eigenvalue weighted by Gasteiger charge is 2.27. The van der Waals surface area contributed by atoms with Gasteiger partial charge in [0.05, 0.1) is 4.92 Å². The molecule has 0 atom stereocenters. The Labute approximate surface area is 176 Å². The van der Waals surface area contributed by atoms with Gasteiger partial charge in [-0.15, -0.1) is 0 Å². The SMILES string of the molecule is CC(C)(C)CC(C)(C)c1ccc(OCC(=O)Nc2ccc(Cl)c([N+](=O)[O-])c2)cc1. The second-order valence-electron chi connectivity index (χ2n) is 8.91. The van der Waals surface area contributed by atoms with Crippen molar-refractivity contribution in [3.05, 3.63) is 63.2 Å². The van der Waals surface area contributed by atoms with Crippen LogP contribution in [0.5, 0.6) is 5.75 Å². The van der Waals surface area contributed by atoms with Crippen LogP contribution in [0.15, 0.2) is 42.5 Å². The third kappa shape index (κ3) is 6.75. The molecule has 7 heteroatoms. The summed E-state index contributed by atoms with van der Waals surface area (Å²) in [6.45, 7) is 10.9. The van der Waals surface area contributed by atoms with E-state index in [2.05, 4.69) is 39.9 Å². The number of nitro groups is 1.